The van der Waals surface area contributed by atoms with Crippen LogP contribution in [0, 0.1) is 0 Å². The van der Waals surface area contributed by atoms with Gasteiger partial charge in [0.15, 0.2) is 0 Å². The van der Waals surface area contributed by atoms with Crippen molar-refractivity contribution in [2.75, 3.05) is 14.1 Å². The van der Waals surface area contributed by atoms with Crippen LogP contribution in [-0.4, -0.2) is 42.0 Å². The number of rotatable bonds is 20. The largest absolute Gasteiger partial charge is 0.480 e. The molecule has 0 aromatic rings. The third-order valence-corrected chi connectivity index (χ3v) is 5.50. The van der Waals surface area contributed by atoms with Crippen molar-refractivity contribution >= 4 is 11.9 Å². The summed E-state index contributed by atoms with van der Waals surface area (Å²) in [4.78, 5) is 22.8. The molecular formula is C25H52N2O3. The molecule has 0 fully saturated rings. The standard InChI is InChI=1S/C18H37NO.C7H15NO2/c1-2-3-4-5-6-7-8-9-10-11-12-13-14-15-16-17-18(19)20;1-4-5-6(7(9)10)8(2)3/h2-17H2,1H3,(H2,19,20);6H,4-5H2,1-3H3,(H,9,10)/t;6-/m.0/s1. The predicted molar refractivity (Wildman–Crippen MR) is 129 cm³/mol. The van der Waals surface area contributed by atoms with Gasteiger partial charge in [0.1, 0.15) is 6.04 Å². The molecule has 0 rings (SSSR count). The van der Waals surface area contributed by atoms with E-state index in [1.54, 1.807) is 19.0 Å². The Hall–Kier alpha value is -1.10. The van der Waals surface area contributed by atoms with Crippen molar-refractivity contribution in [3.63, 3.8) is 0 Å². The van der Waals surface area contributed by atoms with E-state index < -0.39 is 5.97 Å². The van der Waals surface area contributed by atoms with Gasteiger partial charge in [0.2, 0.25) is 5.91 Å². The first-order valence-electron chi connectivity index (χ1n) is 12.5. The van der Waals surface area contributed by atoms with Crippen LogP contribution in [0.5, 0.6) is 0 Å². The van der Waals surface area contributed by atoms with Crippen LogP contribution in [0.3, 0.4) is 0 Å². The molecule has 0 radical (unpaired) electrons. The van der Waals surface area contributed by atoms with E-state index in [4.69, 9.17) is 10.8 Å². The van der Waals surface area contributed by atoms with Crippen molar-refractivity contribution in [2.24, 2.45) is 5.73 Å². The van der Waals surface area contributed by atoms with E-state index in [9.17, 15) is 9.59 Å². The van der Waals surface area contributed by atoms with Crippen molar-refractivity contribution in [3.05, 3.63) is 0 Å². The molecule has 0 aromatic heterocycles. The van der Waals surface area contributed by atoms with E-state index in [1.807, 2.05) is 6.92 Å². The Balaban J connectivity index is 0. The first kappa shape index (κ1) is 31.1. The molecule has 0 aliphatic carbocycles. The molecule has 5 nitrogen and oxygen atoms in total. The molecule has 5 heteroatoms. The lowest BCUT2D eigenvalue weighted by Crippen LogP contribution is -2.35. The van der Waals surface area contributed by atoms with Crippen LogP contribution < -0.4 is 5.73 Å². The number of primary amides is 1. The molecule has 0 aromatic carbocycles. The zero-order chi connectivity index (χ0) is 23.0. The SMILES string of the molecule is CCCCCCCCCCCCCCCCCC(N)=O.CCC[C@@H](C(=O)O)N(C)C. The van der Waals surface area contributed by atoms with E-state index in [1.165, 1.54) is 89.9 Å². The lowest BCUT2D eigenvalue weighted by atomic mass is 10.0. The summed E-state index contributed by atoms with van der Waals surface area (Å²) in [6, 6.07) is -0.315. The maximum absolute atomic E-state index is 10.6. The summed E-state index contributed by atoms with van der Waals surface area (Å²) in [5.41, 5.74) is 5.11. The van der Waals surface area contributed by atoms with Crippen molar-refractivity contribution in [1.29, 1.82) is 0 Å². The first-order valence-corrected chi connectivity index (χ1v) is 12.5. The van der Waals surface area contributed by atoms with Gasteiger partial charge >= 0.3 is 5.97 Å². The molecule has 0 spiro atoms. The van der Waals surface area contributed by atoms with Gasteiger partial charge in [-0.15, -0.1) is 0 Å². The minimum absolute atomic E-state index is 0.153. The van der Waals surface area contributed by atoms with Crippen LogP contribution in [0.4, 0.5) is 0 Å². The quantitative estimate of drug-likeness (QED) is 0.216. The molecule has 0 bridgehead atoms. The molecule has 1 atom stereocenters. The van der Waals surface area contributed by atoms with E-state index in [2.05, 4.69) is 6.92 Å². The fraction of sp³-hybridized carbons (Fsp3) is 0.920. The fourth-order valence-corrected chi connectivity index (χ4v) is 3.55. The Morgan fingerprint density at radius 2 is 1.07 bits per heavy atom. The van der Waals surface area contributed by atoms with Gasteiger partial charge in [-0.05, 0) is 26.9 Å². The number of nitrogens with two attached hydrogens (primary N) is 1. The van der Waals surface area contributed by atoms with Crippen molar-refractivity contribution < 1.29 is 14.7 Å². The van der Waals surface area contributed by atoms with Crippen molar-refractivity contribution in [2.45, 2.75) is 135 Å². The fourth-order valence-electron chi connectivity index (χ4n) is 3.55. The highest BCUT2D eigenvalue weighted by Gasteiger charge is 2.17. The third-order valence-electron chi connectivity index (χ3n) is 5.50. The van der Waals surface area contributed by atoms with E-state index in [0.29, 0.717) is 6.42 Å². The molecule has 0 aliphatic heterocycles. The van der Waals surface area contributed by atoms with Crippen LogP contribution in [0.2, 0.25) is 0 Å². The Morgan fingerprint density at radius 3 is 1.30 bits per heavy atom. The molecule has 0 saturated heterocycles. The summed E-state index contributed by atoms with van der Waals surface area (Å²) in [5, 5.41) is 8.63. The number of carboxylic acid groups (broad SMARTS) is 1. The molecule has 0 aliphatic rings. The van der Waals surface area contributed by atoms with Gasteiger partial charge in [-0.2, -0.15) is 0 Å². The van der Waals surface area contributed by atoms with Gasteiger partial charge in [-0.1, -0.05) is 110 Å². The summed E-state index contributed by atoms with van der Waals surface area (Å²) in [5.74, 6) is -0.883. The average Bonchev–Trinajstić information content (AvgIpc) is 2.68. The smallest absolute Gasteiger partial charge is 0.320 e. The topological polar surface area (TPSA) is 83.6 Å². The number of carbonyl (C=O) groups is 2. The van der Waals surface area contributed by atoms with Crippen molar-refractivity contribution in [3.8, 4) is 0 Å². The van der Waals surface area contributed by atoms with Gasteiger partial charge in [-0.3, -0.25) is 14.5 Å². The van der Waals surface area contributed by atoms with Gasteiger partial charge < -0.3 is 10.8 Å². The van der Waals surface area contributed by atoms with Crippen molar-refractivity contribution in [1.82, 2.24) is 4.90 Å². The molecule has 3 N–H and O–H groups in total. The van der Waals surface area contributed by atoms with Crippen LogP contribution in [0.25, 0.3) is 0 Å². The first-order chi connectivity index (χ1) is 14.4. The summed E-state index contributed by atoms with van der Waals surface area (Å²) in [7, 11) is 3.57. The Morgan fingerprint density at radius 1 is 0.700 bits per heavy atom. The summed E-state index contributed by atoms with van der Waals surface area (Å²) in [6.45, 7) is 4.26. The number of aliphatic carboxylic acids is 1. The van der Waals surface area contributed by atoms with E-state index >= 15 is 0 Å². The normalized spacial score (nSPS) is 11.8. The molecule has 30 heavy (non-hydrogen) atoms. The Bertz CT molecular complexity index is 387. The Kier molecular flexibility index (Phi) is 25.0. The second kappa shape index (κ2) is 24.2. The number of carboxylic acids is 1. The van der Waals surface area contributed by atoms with Gasteiger partial charge in [0, 0.05) is 6.42 Å². The summed E-state index contributed by atoms with van der Waals surface area (Å²) < 4.78 is 0. The number of hydrogen-bond acceptors (Lipinski definition) is 3. The number of hydrogen-bond donors (Lipinski definition) is 2. The number of amides is 1. The van der Waals surface area contributed by atoms with Gasteiger partial charge in [0.25, 0.3) is 0 Å². The second-order valence-corrected chi connectivity index (χ2v) is 8.77. The third kappa shape index (κ3) is 24.9. The lowest BCUT2D eigenvalue weighted by Gasteiger charge is -2.18. The lowest BCUT2D eigenvalue weighted by molar-refractivity contribution is -0.142. The number of likely N-dealkylation sites (N-methyl/N-ethyl adjacent to an activating group) is 1. The highest BCUT2D eigenvalue weighted by atomic mass is 16.4. The number of nitrogens with zero attached hydrogens (tertiary/aromatic N) is 1. The monoisotopic (exact) mass is 428 g/mol. The van der Waals surface area contributed by atoms with E-state index in [0.717, 1.165) is 19.3 Å². The van der Waals surface area contributed by atoms with Crippen LogP contribution in [0.1, 0.15) is 129 Å². The van der Waals surface area contributed by atoms with Crippen LogP contribution in [0.15, 0.2) is 0 Å². The molecule has 0 heterocycles. The van der Waals surface area contributed by atoms with Crippen LogP contribution in [-0.2, 0) is 9.59 Å². The van der Waals surface area contributed by atoms with Gasteiger partial charge in [-0.25, -0.2) is 0 Å². The minimum Gasteiger partial charge on any atom is -0.480 e. The highest BCUT2D eigenvalue weighted by molar-refractivity contribution is 5.73. The molecular weight excluding hydrogens is 376 g/mol. The van der Waals surface area contributed by atoms with Crippen LogP contribution >= 0.6 is 0 Å². The highest BCUT2D eigenvalue weighted by Crippen LogP contribution is 2.13. The average molecular weight is 429 g/mol. The molecule has 1 amide bonds. The molecule has 0 saturated carbocycles. The number of carbonyl (C=O) groups excluding carboxylic acids is 1. The predicted octanol–water partition coefficient (Wildman–Crippen LogP) is 6.53. The zero-order valence-electron chi connectivity index (χ0n) is 20.6. The molecule has 0 unspecified atom stereocenters. The summed E-state index contributed by atoms with van der Waals surface area (Å²) >= 11 is 0. The minimum atomic E-state index is -0.730. The zero-order valence-corrected chi connectivity index (χ0v) is 20.6. The van der Waals surface area contributed by atoms with E-state index in [-0.39, 0.29) is 11.9 Å². The van der Waals surface area contributed by atoms with Gasteiger partial charge in [0.05, 0.1) is 0 Å². The number of unbranched alkanes of at least 4 members (excludes halogenated alkanes) is 14. The maximum Gasteiger partial charge on any atom is 0.320 e. The second-order valence-electron chi connectivity index (χ2n) is 8.77. The maximum atomic E-state index is 10.6. The Labute approximate surface area is 187 Å². The molecule has 180 valence electrons. The summed E-state index contributed by atoms with van der Waals surface area (Å²) in [6.07, 6.45) is 22.5.